The van der Waals surface area contributed by atoms with Crippen molar-refractivity contribution in [3.63, 3.8) is 0 Å². The number of carbonyl (C=O) groups is 2. The first-order valence-electron chi connectivity index (χ1n) is 11.7. The highest BCUT2D eigenvalue weighted by atomic mass is 16.6. The highest BCUT2D eigenvalue weighted by molar-refractivity contribution is 6.03. The maximum Gasteiger partial charge on any atom is 0.437 e. The average molecular weight is 474 g/mol. The van der Waals surface area contributed by atoms with Gasteiger partial charge in [0.1, 0.15) is 17.0 Å². The van der Waals surface area contributed by atoms with Crippen LogP contribution in [-0.4, -0.2) is 59.3 Å². The van der Waals surface area contributed by atoms with Gasteiger partial charge in [-0.25, -0.2) is 14.5 Å². The number of likely N-dealkylation sites (N-methyl/N-ethyl adjacent to an activating group) is 1. The van der Waals surface area contributed by atoms with E-state index in [-0.39, 0.29) is 12.0 Å². The number of nitrogens with zero attached hydrogens (tertiary/aromatic N) is 3. The van der Waals surface area contributed by atoms with Crippen molar-refractivity contribution in [3.05, 3.63) is 41.6 Å². The maximum atomic E-state index is 13.3. The minimum atomic E-state index is -0.755. The molecule has 2 amide bonds. The van der Waals surface area contributed by atoms with Crippen molar-refractivity contribution in [2.45, 2.75) is 85.0 Å². The van der Waals surface area contributed by atoms with Gasteiger partial charge in [-0.15, -0.1) is 4.99 Å². The van der Waals surface area contributed by atoms with E-state index in [2.05, 4.69) is 11.9 Å². The first kappa shape index (κ1) is 27.2. The van der Waals surface area contributed by atoms with Crippen LogP contribution in [0.25, 0.3) is 0 Å². The first-order valence-corrected chi connectivity index (χ1v) is 11.7. The molecule has 2 rings (SSSR count). The van der Waals surface area contributed by atoms with Crippen molar-refractivity contribution in [1.82, 2.24) is 9.80 Å². The van der Waals surface area contributed by atoms with Crippen LogP contribution in [0, 0.1) is 0 Å². The van der Waals surface area contributed by atoms with E-state index in [1.807, 2.05) is 42.3 Å². The monoisotopic (exact) mass is 473 g/mol. The van der Waals surface area contributed by atoms with E-state index in [0.717, 1.165) is 29.9 Å². The van der Waals surface area contributed by atoms with Gasteiger partial charge in [0, 0.05) is 7.05 Å². The smallest absolute Gasteiger partial charge is 0.437 e. The molecule has 0 aromatic heterocycles. The Morgan fingerprint density at radius 1 is 1.03 bits per heavy atom. The second-order valence-electron chi connectivity index (χ2n) is 10.3. The SMILES string of the molecule is CCCC1/C(=C\Cc2ccc(OC)cc2)N(C(=O)OC(C)(C)C)/C(=N/C(=O)OC(C)(C)C)N1C. The van der Waals surface area contributed by atoms with E-state index in [4.69, 9.17) is 14.2 Å². The molecule has 1 aliphatic heterocycles. The van der Waals surface area contributed by atoms with Crippen LogP contribution in [-0.2, 0) is 15.9 Å². The molecule has 0 bridgehead atoms. The van der Waals surface area contributed by atoms with Crippen molar-refractivity contribution >= 4 is 18.1 Å². The summed E-state index contributed by atoms with van der Waals surface area (Å²) in [6, 6.07) is 7.63. The van der Waals surface area contributed by atoms with Crippen LogP contribution in [0.2, 0.25) is 0 Å². The van der Waals surface area contributed by atoms with Crippen LogP contribution in [0.4, 0.5) is 9.59 Å². The van der Waals surface area contributed by atoms with E-state index < -0.39 is 23.4 Å². The summed E-state index contributed by atoms with van der Waals surface area (Å²) < 4.78 is 16.3. The number of carbonyl (C=O) groups excluding carboxylic acids is 2. The molecule has 1 aliphatic rings. The average Bonchev–Trinajstić information content (AvgIpc) is 2.96. The minimum absolute atomic E-state index is 0.142. The Kier molecular flexibility index (Phi) is 8.75. The number of guanidine groups is 1. The third-order valence-corrected chi connectivity index (χ3v) is 5.01. The number of aliphatic imine (C=N–C) groups is 1. The summed E-state index contributed by atoms with van der Waals surface area (Å²) in [5.74, 6) is 0.978. The van der Waals surface area contributed by atoms with Gasteiger partial charge in [-0.1, -0.05) is 31.6 Å². The molecule has 0 saturated carbocycles. The molecule has 1 saturated heterocycles. The van der Waals surface area contributed by atoms with Crippen molar-refractivity contribution in [2.24, 2.45) is 4.99 Å². The van der Waals surface area contributed by atoms with Crippen molar-refractivity contribution in [1.29, 1.82) is 0 Å². The second kappa shape index (κ2) is 10.9. The molecule has 1 atom stereocenters. The highest BCUT2D eigenvalue weighted by Gasteiger charge is 2.43. The summed E-state index contributed by atoms with van der Waals surface area (Å²) in [6.07, 6.45) is 2.91. The van der Waals surface area contributed by atoms with E-state index in [0.29, 0.717) is 6.42 Å². The number of rotatable bonds is 5. The topological polar surface area (TPSA) is 80.7 Å². The Balaban J connectivity index is 2.51. The lowest BCUT2D eigenvalue weighted by atomic mass is 10.1. The Morgan fingerprint density at radius 3 is 2.12 bits per heavy atom. The van der Waals surface area contributed by atoms with E-state index in [1.54, 1.807) is 48.7 Å². The third kappa shape index (κ3) is 7.50. The van der Waals surface area contributed by atoms with Gasteiger partial charge in [0.15, 0.2) is 0 Å². The van der Waals surface area contributed by atoms with Crippen molar-refractivity contribution < 1.29 is 23.8 Å². The molecule has 1 aromatic carbocycles. The van der Waals surface area contributed by atoms with Gasteiger partial charge in [-0.3, -0.25) is 0 Å². The molecule has 0 spiro atoms. The van der Waals surface area contributed by atoms with Gasteiger partial charge in [0.25, 0.3) is 0 Å². The van der Waals surface area contributed by atoms with E-state index in [1.165, 1.54) is 4.90 Å². The summed E-state index contributed by atoms with van der Waals surface area (Å²) in [5, 5.41) is 0. The van der Waals surface area contributed by atoms with Gasteiger partial charge in [0.05, 0.1) is 18.8 Å². The second-order valence-corrected chi connectivity index (χ2v) is 10.3. The summed E-state index contributed by atoms with van der Waals surface area (Å²) in [6.45, 7) is 12.8. The molecule has 1 fully saturated rings. The lowest BCUT2D eigenvalue weighted by Gasteiger charge is -2.25. The van der Waals surface area contributed by atoms with Crippen LogP contribution in [0.3, 0.4) is 0 Å². The number of ether oxygens (including phenoxy) is 3. The summed E-state index contributed by atoms with van der Waals surface area (Å²) in [5.41, 5.74) is 0.381. The van der Waals surface area contributed by atoms with E-state index >= 15 is 0 Å². The van der Waals surface area contributed by atoms with Crippen LogP contribution in [0.15, 0.2) is 41.0 Å². The molecule has 1 aromatic rings. The molecule has 8 heteroatoms. The zero-order chi connectivity index (χ0) is 25.7. The molecular weight excluding hydrogens is 434 g/mol. The first-order chi connectivity index (χ1) is 15.8. The minimum Gasteiger partial charge on any atom is -0.497 e. The van der Waals surface area contributed by atoms with Crippen molar-refractivity contribution in [3.8, 4) is 5.75 Å². The molecule has 0 N–H and O–H groups in total. The molecule has 188 valence electrons. The Morgan fingerprint density at radius 2 is 1.62 bits per heavy atom. The predicted octanol–water partition coefficient (Wildman–Crippen LogP) is 5.76. The number of allylic oxidation sites excluding steroid dienone is 1. The van der Waals surface area contributed by atoms with Gasteiger partial charge in [0.2, 0.25) is 5.96 Å². The molecule has 1 unspecified atom stereocenters. The van der Waals surface area contributed by atoms with Crippen LogP contribution in [0.1, 0.15) is 66.9 Å². The number of benzene rings is 1. The number of methoxy groups -OCH3 is 1. The quantitative estimate of drug-likeness (QED) is 0.540. The lowest BCUT2D eigenvalue weighted by Crippen LogP contribution is -2.40. The molecule has 0 radical (unpaired) electrons. The maximum absolute atomic E-state index is 13.3. The molecule has 0 aliphatic carbocycles. The third-order valence-electron chi connectivity index (χ3n) is 5.01. The van der Waals surface area contributed by atoms with Gasteiger partial charge >= 0.3 is 12.2 Å². The Bertz CT molecular complexity index is 923. The summed E-state index contributed by atoms with van der Waals surface area (Å²) in [4.78, 5) is 33.3. The number of hydrogen-bond acceptors (Lipinski definition) is 5. The fourth-order valence-electron chi connectivity index (χ4n) is 3.58. The number of hydrogen-bond donors (Lipinski definition) is 0. The van der Waals surface area contributed by atoms with Crippen LogP contribution < -0.4 is 4.74 Å². The fraction of sp³-hybridized carbons (Fsp3) is 0.577. The zero-order valence-corrected chi connectivity index (χ0v) is 22.0. The van der Waals surface area contributed by atoms with Gasteiger partial charge in [-0.05, 0) is 72.1 Å². The predicted molar refractivity (Wildman–Crippen MR) is 133 cm³/mol. The normalized spacial score (nSPS) is 19.0. The fourth-order valence-corrected chi connectivity index (χ4v) is 3.58. The standard InChI is InChI=1S/C26H39N3O5/c1-10-11-20-21(17-14-18-12-15-19(32-9)16-13-18)29(24(31)34-26(5,6)7)22(28(20)8)27-23(30)33-25(2,3)4/h12-13,15-17,20H,10-11,14H2,1-9H3/b21-17+,27-22+. The van der Waals surface area contributed by atoms with E-state index in [9.17, 15) is 9.59 Å². The zero-order valence-electron chi connectivity index (χ0n) is 22.0. The summed E-state index contributed by atoms with van der Waals surface area (Å²) in [7, 11) is 3.46. The Labute approximate surface area is 203 Å². The van der Waals surface area contributed by atoms with Crippen molar-refractivity contribution in [2.75, 3.05) is 14.2 Å². The Hall–Kier alpha value is -3.03. The molecule has 34 heavy (non-hydrogen) atoms. The molecular formula is C26H39N3O5. The molecule has 1 heterocycles. The van der Waals surface area contributed by atoms with Crippen LogP contribution >= 0.6 is 0 Å². The number of amides is 2. The van der Waals surface area contributed by atoms with Crippen LogP contribution in [0.5, 0.6) is 5.75 Å². The highest BCUT2D eigenvalue weighted by Crippen LogP contribution is 2.31. The lowest BCUT2D eigenvalue weighted by molar-refractivity contribution is 0.0413. The van der Waals surface area contributed by atoms with Gasteiger partial charge < -0.3 is 19.1 Å². The molecule has 8 nitrogen and oxygen atoms in total. The van der Waals surface area contributed by atoms with Gasteiger partial charge in [-0.2, -0.15) is 0 Å². The largest absolute Gasteiger partial charge is 0.497 e. The summed E-state index contributed by atoms with van der Waals surface area (Å²) >= 11 is 0.